The fourth-order valence-corrected chi connectivity index (χ4v) is 4.54. The van der Waals surface area contributed by atoms with Crippen molar-refractivity contribution in [3.63, 3.8) is 0 Å². The largest absolute Gasteiger partial charge is 0.357 e. The topological polar surface area (TPSA) is 55.8 Å². The summed E-state index contributed by atoms with van der Waals surface area (Å²) in [5.74, 6) is 1.96. The van der Waals surface area contributed by atoms with E-state index in [1.807, 2.05) is 6.20 Å². The Morgan fingerprint density at radius 2 is 1.71 bits per heavy atom. The molecule has 2 aliphatic rings. The maximum atomic E-state index is 4.83. The Hall–Kier alpha value is -2.60. The summed E-state index contributed by atoms with van der Waals surface area (Å²) in [7, 11) is 0. The predicted octanol–water partition coefficient (Wildman–Crippen LogP) is 3.57. The molecule has 2 fully saturated rings. The molecule has 1 atom stereocenters. The standard InChI is InChI=1S/C25H36N6/c1-2-26-25(28-19-21-12-13-24(27-18-21)31-16-8-9-17-31)29-20-23(30-14-6-7-15-30)22-10-4-3-5-11-22/h3-5,10-13,18,23H,2,6-9,14-17,19-20H2,1H3,(H2,26,28,29). The lowest BCUT2D eigenvalue weighted by atomic mass is 10.1. The van der Waals surface area contributed by atoms with Crippen LogP contribution in [0.2, 0.25) is 0 Å². The van der Waals surface area contributed by atoms with Gasteiger partial charge in [0.05, 0.1) is 12.6 Å². The normalized spacial score (nSPS) is 18.4. The molecular formula is C25H36N6. The third-order valence-corrected chi connectivity index (χ3v) is 6.23. The average Bonchev–Trinajstić information content (AvgIpc) is 3.53. The zero-order valence-electron chi connectivity index (χ0n) is 18.8. The first-order chi connectivity index (χ1) is 15.3. The molecule has 1 aromatic heterocycles. The molecule has 1 aromatic carbocycles. The van der Waals surface area contributed by atoms with Crippen LogP contribution >= 0.6 is 0 Å². The predicted molar refractivity (Wildman–Crippen MR) is 128 cm³/mol. The number of rotatable bonds is 8. The van der Waals surface area contributed by atoms with E-state index in [2.05, 4.69) is 74.8 Å². The van der Waals surface area contributed by atoms with Crippen molar-refractivity contribution in [1.82, 2.24) is 20.5 Å². The quantitative estimate of drug-likeness (QED) is 0.505. The Balaban J connectivity index is 1.38. The third-order valence-electron chi connectivity index (χ3n) is 6.23. The van der Waals surface area contributed by atoms with Crippen LogP contribution in [-0.4, -0.2) is 55.1 Å². The van der Waals surface area contributed by atoms with Crippen LogP contribution < -0.4 is 15.5 Å². The van der Waals surface area contributed by atoms with Crippen molar-refractivity contribution >= 4 is 11.8 Å². The number of guanidine groups is 1. The van der Waals surface area contributed by atoms with Crippen LogP contribution in [-0.2, 0) is 6.54 Å². The lowest BCUT2D eigenvalue weighted by molar-refractivity contribution is 0.245. The first-order valence-corrected chi connectivity index (χ1v) is 11.8. The molecule has 6 nitrogen and oxygen atoms in total. The zero-order chi connectivity index (χ0) is 21.3. The van der Waals surface area contributed by atoms with Crippen molar-refractivity contribution in [3.05, 3.63) is 59.8 Å². The van der Waals surface area contributed by atoms with Gasteiger partial charge in [-0.3, -0.25) is 4.90 Å². The summed E-state index contributed by atoms with van der Waals surface area (Å²) in [6.07, 6.45) is 7.09. The van der Waals surface area contributed by atoms with Crippen LogP contribution in [0.1, 0.15) is 49.8 Å². The summed E-state index contributed by atoms with van der Waals surface area (Å²) in [6.45, 7) is 9.02. The molecule has 31 heavy (non-hydrogen) atoms. The number of benzene rings is 1. The molecule has 0 amide bonds. The molecule has 2 aliphatic heterocycles. The van der Waals surface area contributed by atoms with Gasteiger partial charge in [-0.05, 0) is 62.9 Å². The Kier molecular flexibility index (Phi) is 7.77. The van der Waals surface area contributed by atoms with Gasteiger partial charge >= 0.3 is 0 Å². The second-order valence-electron chi connectivity index (χ2n) is 8.46. The number of anilines is 1. The number of nitrogens with zero attached hydrogens (tertiary/aromatic N) is 4. The van der Waals surface area contributed by atoms with Gasteiger partial charge < -0.3 is 15.5 Å². The Morgan fingerprint density at radius 1 is 0.968 bits per heavy atom. The van der Waals surface area contributed by atoms with E-state index in [0.717, 1.165) is 43.5 Å². The van der Waals surface area contributed by atoms with Crippen LogP contribution in [0.4, 0.5) is 5.82 Å². The Morgan fingerprint density at radius 3 is 2.39 bits per heavy atom. The summed E-state index contributed by atoms with van der Waals surface area (Å²) in [5, 5.41) is 6.99. The summed E-state index contributed by atoms with van der Waals surface area (Å²) >= 11 is 0. The van der Waals surface area contributed by atoms with Crippen LogP contribution in [0.25, 0.3) is 0 Å². The molecule has 0 aliphatic carbocycles. The number of aliphatic imine (C=N–C) groups is 1. The van der Waals surface area contributed by atoms with Crippen molar-refractivity contribution in [2.24, 2.45) is 4.99 Å². The van der Waals surface area contributed by atoms with Gasteiger partial charge in [0.2, 0.25) is 0 Å². The van der Waals surface area contributed by atoms with E-state index < -0.39 is 0 Å². The number of hydrogen-bond acceptors (Lipinski definition) is 4. The molecule has 6 heteroatoms. The molecular weight excluding hydrogens is 384 g/mol. The maximum absolute atomic E-state index is 4.83. The van der Waals surface area contributed by atoms with Crippen molar-refractivity contribution in [3.8, 4) is 0 Å². The molecule has 2 N–H and O–H groups in total. The summed E-state index contributed by atoms with van der Waals surface area (Å²) in [5.41, 5.74) is 2.51. The molecule has 4 rings (SSSR count). The minimum atomic E-state index is 0.369. The van der Waals surface area contributed by atoms with Crippen molar-refractivity contribution in [1.29, 1.82) is 0 Å². The van der Waals surface area contributed by atoms with Crippen molar-refractivity contribution in [2.45, 2.75) is 45.2 Å². The van der Waals surface area contributed by atoms with Crippen LogP contribution in [0.5, 0.6) is 0 Å². The Bertz CT molecular complexity index is 808. The lowest BCUT2D eigenvalue weighted by Gasteiger charge is -2.29. The number of pyridine rings is 1. The average molecular weight is 421 g/mol. The molecule has 2 saturated heterocycles. The highest BCUT2D eigenvalue weighted by Gasteiger charge is 2.23. The minimum absolute atomic E-state index is 0.369. The number of nitrogens with one attached hydrogen (secondary N) is 2. The molecule has 3 heterocycles. The molecule has 2 aromatic rings. The van der Waals surface area contributed by atoms with E-state index in [1.165, 1.54) is 44.3 Å². The van der Waals surface area contributed by atoms with E-state index in [-0.39, 0.29) is 0 Å². The highest BCUT2D eigenvalue weighted by molar-refractivity contribution is 5.79. The Labute approximate surface area is 186 Å². The molecule has 0 saturated carbocycles. The summed E-state index contributed by atoms with van der Waals surface area (Å²) in [6, 6.07) is 15.5. The highest BCUT2D eigenvalue weighted by atomic mass is 15.2. The van der Waals surface area contributed by atoms with Gasteiger partial charge in [-0.15, -0.1) is 0 Å². The molecule has 1 unspecified atom stereocenters. The molecule has 166 valence electrons. The highest BCUT2D eigenvalue weighted by Crippen LogP contribution is 2.24. The van der Waals surface area contributed by atoms with Gasteiger partial charge in [0, 0.05) is 32.4 Å². The van der Waals surface area contributed by atoms with E-state index in [1.54, 1.807) is 0 Å². The molecule has 0 bridgehead atoms. The fraction of sp³-hybridized carbons (Fsp3) is 0.520. The minimum Gasteiger partial charge on any atom is -0.357 e. The third kappa shape index (κ3) is 5.97. The van der Waals surface area contributed by atoms with Gasteiger partial charge in [-0.25, -0.2) is 9.98 Å². The van der Waals surface area contributed by atoms with Gasteiger partial charge in [0.25, 0.3) is 0 Å². The zero-order valence-corrected chi connectivity index (χ0v) is 18.8. The lowest BCUT2D eigenvalue weighted by Crippen LogP contribution is -2.42. The SMILES string of the molecule is CCNC(=NCc1ccc(N2CCCC2)nc1)NCC(c1ccccc1)N1CCCC1. The van der Waals surface area contributed by atoms with Gasteiger partial charge in [0.15, 0.2) is 5.96 Å². The number of hydrogen-bond donors (Lipinski definition) is 2. The first-order valence-electron chi connectivity index (χ1n) is 11.8. The maximum Gasteiger partial charge on any atom is 0.191 e. The van der Waals surface area contributed by atoms with Crippen molar-refractivity contribution in [2.75, 3.05) is 44.2 Å². The summed E-state index contributed by atoms with van der Waals surface area (Å²) < 4.78 is 0. The fourth-order valence-electron chi connectivity index (χ4n) is 4.54. The van der Waals surface area contributed by atoms with E-state index in [9.17, 15) is 0 Å². The van der Waals surface area contributed by atoms with Crippen LogP contribution in [0, 0.1) is 0 Å². The monoisotopic (exact) mass is 420 g/mol. The van der Waals surface area contributed by atoms with Gasteiger partial charge in [-0.2, -0.15) is 0 Å². The smallest absolute Gasteiger partial charge is 0.191 e. The van der Waals surface area contributed by atoms with E-state index >= 15 is 0 Å². The van der Waals surface area contributed by atoms with Gasteiger partial charge in [-0.1, -0.05) is 36.4 Å². The van der Waals surface area contributed by atoms with E-state index in [4.69, 9.17) is 4.99 Å². The van der Waals surface area contributed by atoms with Crippen molar-refractivity contribution < 1.29 is 0 Å². The van der Waals surface area contributed by atoms with Crippen LogP contribution in [0.15, 0.2) is 53.7 Å². The number of aromatic nitrogens is 1. The second-order valence-corrected chi connectivity index (χ2v) is 8.46. The first kappa shape index (κ1) is 21.6. The number of likely N-dealkylation sites (tertiary alicyclic amines) is 1. The summed E-state index contributed by atoms with van der Waals surface area (Å²) in [4.78, 5) is 14.4. The molecule has 0 spiro atoms. The van der Waals surface area contributed by atoms with Gasteiger partial charge in [0.1, 0.15) is 5.82 Å². The van der Waals surface area contributed by atoms with Crippen LogP contribution in [0.3, 0.4) is 0 Å². The van der Waals surface area contributed by atoms with E-state index in [0.29, 0.717) is 12.6 Å². The second kappa shape index (κ2) is 11.1. The molecule has 0 radical (unpaired) electrons.